The number of nitrogen functional groups attached to an aromatic ring is 1. The molecule has 1 saturated carbocycles. The summed E-state index contributed by atoms with van der Waals surface area (Å²) in [5, 5.41) is 2.59. The number of nitrogens with zero attached hydrogens (tertiary/aromatic N) is 3. The number of carbonyl (C=O) groups is 2. The van der Waals surface area contributed by atoms with Crippen molar-refractivity contribution in [1.82, 2.24) is 14.9 Å². The Kier molecular flexibility index (Phi) is 9.23. The van der Waals surface area contributed by atoms with E-state index in [1.165, 1.54) is 24.5 Å². The molecule has 4 rings (SSSR count). The number of hydrogen-bond acceptors (Lipinski definition) is 7. The maximum atomic E-state index is 14.8. The fourth-order valence-electron chi connectivity index (χ4n) is 4.33. The Labute approximate surface area is 242 Å². The van der Waals surface area contributed by atoms with Crippen LogP contribution in [0.2, 0.25) is 0 Å². The minimum absolute atomic E-state index is 0.00886. The predicted octanol–water partition coefficient (Wildman–Crippen LogP) is 6.03. The molecule has 224 valence electrons. The van der Waals surface area contributed by atoms with Gasteiger partial charge in [0.25, 0.3) is 5.91 Å². The second kappa shape index (κ2) is 12.7. The van der Waals surface area contributed by atoms with Crippen LogP contribution in [0.4, 0.5) is 29.5 Å². The summed E-state index contributed by atoms with van der Waals surface area (Å²) in [6.07, 6.45) is 2.46. The first-order valence-corrected chi connectivity index (χ1v) is 13.6. The standard InChI is InChI=1S/C30H34F3N5O4/c1-17-22(14-20(32)15-24(17)37-28(39)21-8-7-19(13-23(21)33)18-5-6-18)25-26(27(34)36-16-35-25)41-12-11-38(10-9-31)29(40)42-30(2,3)4/h7-8,13-16,18H,5-6,9-12H2,1-4H3,(H,37,39)(H2,34,35,36). The largest absolute Gasteiger partial charge is 0.486 e. The number of ether oxygens (including phenoxy) is 2. The van der Waals surface area contributed by atoms with Gasteiger partial charge in [-0.1, -0.05) is 6.07 Å². The molecule has 0 unspecified atom stereocenters. The number of nitrogens with one attached hydrogen (secondary N) is 1. The van der Waals surface area contributed by atoms with Crippen LogP contribution in [0.1, 0.15) is 61.0 Å². The highest BCUT2D eigenvalue weighted by Crippen LogP contribution is 2.40. The Morgan fingerprint density at radius 2 is 1.86 bits per heavy atom. The zero-order valence-corrected chi connectivity index (χ0v) is 24.0. The van der Waals surface area contributed by atoms with Crippen LogP contribution in [0.5, 0.6) is 5.75 Å². The molecule has 2 amide bonds. The Balaban J connectivity index is 1.56. The summed E-state index contributed by atoms with van der Waals surface area (Å²) < 4.78 is 53.8. The number of halogens is 3. The van der Waals surface area contributed by atoms with Crippen molar-refractivity contribution in [2.24, 2.45) is 0 Å². The molecule has 9 nitrogen and oxygen atoms in total. The van der Waals surface area contributed by atoms with E-state index in [2.05, 4.69) is 15.3 Å². The Hall–Kier alpha value is -4.35. The van der Waals surface area contributed by atoms with Crippen molar-refractivity contribution in [3.05, 3.63) is 65.0 Å². The maximum absolute atomic E-state index is 14.8. The second-order valence-electron chi connectivity index (χ2n) is 11.0. The molecule has 2 aromatic carbocycles. The van der Waals surface area contributed by atoms with Crippen LogP contribution in [0.15, 0.2) is 36.7 Å². The average Bonchev–Trinajstić information content (AvgIpc) is 3.75. The summed E-state index contributed by atoms with van der Waals surface area (Å²) in [4.78, 5) is 34.7. The highest BCUT2D eigenvalue weighted by molar-refractivity contribution is 6.05. The molecule has 3 N–H and O–H groups in total. The molecule has 0 aliphatic heterocycles. The van der Waals surface area contributed by atoms with Gasteiger partial charge in [0.2, 0.25) is 0 Å². The van der Waals surface area contributed by atoms with E-state index in [4.69, 9.17) is 15.2 Å². The first-order valence-electron chi connectivity index (χ1n) is 13.6. The van der Waals surface area contributed by atoms with Gasteiger partial charge in [0.05, 0.1) is 18.7 Å². The van der Waals surface area contributed by atoms with Gasteiger partial charge in [0.1, 0.15) is 42.5 Å². The normalized spacial score (nSPS) is 13.0. The van der Waals surface area contributed by atoms with Gasteiger partial charge in [-0.25, -0.2) is 27.9 Å². The number of aromatic nitrogens is 2. The van der Waals surface area contributed by atoms with E-state index in [1.54, 1.807) is 33.8 Å². The lowest BCUT2D eigenvalue weighted by atomic mass is 10.0. The molecule has 1 aromatic heterocycles. The van der Waals surface area contributed by atoms with Gasteiger partial charge in [-0.3, -0.25) is 4.79 Å². The van der Waals surface area contributed by atoms with Gasteiger partial charge >= 0.3 is 6.09 Å². The van der Waals surface area contributed by atoms with E-state index in [0.717, 1.165) is 29.4 Å². The predicted molar refractivity (Wildman–Crippen MR) is 152 cm³/mol. The van der Waals surface area contributed by atoms with Crippen molar-refractivity contribution in [3.8, 4) is 17.0 Å². The molecule has 0 radical (unpaired) electrons. The van der Waals surface area contributed by atoms with Gasteiger partial charge in [0.15, 0.2) is 11.6 Å². The van der Waals surface area contributed by atoms with Gasteiger partial charge in [-0.2, -0.15) is 0 Å². The SMILES string of the molecule is Cc1c(NC(=O)c2ccc(C3CC3)cc2F)cc(F)cc1-c1ncnc(N)c1OCCN(CCF)C(=O)OC(C)(C)C. The van der Waals surface area contributed by atoms with Crippen molar-refractivity contribution in [2.45, 2.75) is 52.1 Å². The van der Waals surface area contributed by atoms with Gasteiger partial charge in [-0.05, 0) is 81.8 Å². The zero-order chi connectivity index (χ0) is 30.6. The molecule has 3 aromatic rings. The third kappa shape index (κ3) is 7.48. The van der Waals surface area contributed by atoms with Crippen molar-refractivity contribution in [3.63, 3.8) is 0 Å². The summed E-state index contributed by atoms with van der Waals surface area (Å²) in [6, 6.07) is 6.83. The Morgan fingerprint density at radius 1 is 1.12 bits per heavy atom. The van der Waals surface area contributed by atoms with Crippen LogP contribution in [0.3, 0.4) is 0 Å². The van der Waals surface area contributed by atoms with E-state index in [-0.39, 0.29) is 53.8 Å². The Morgan fingerprint density at radius 3 is 2.50 bits per heavy atom. The molecule has 42 heavy (non-hydrogen) atoms. The molecule has 0 atom stereocenters. The van der Waals surface area contributed by atoms with Crippen LogP contribution in [0, 0.1) is 18.6 Å². The fraction of sp³-hybridized carbons (Fsp3) is 0.400. The van der Waals surface area contributed by atoms with Crippen molar-refractivity contribution in [2.75, 3.05) is 37.4 Å². The number of carbonyl (C=O) groups excluding carboxylic acids is 2. The monoisotopic (exact) mass is 585 g/mol. The molecule has 12 heteroatoms. The number of rotatable bonds is 10. The lowest BCUT2D eigenvalue weighted by Crippen LogP contribution is -2.40. The molecular weight excluding hydrogens is 551 g/mol. The molecule has 1 heterocycles. The van der Waals surface area contributed by atoms with Crippen molar-refractivity contribution < 1.29 is 32.2 Å². The second-order valence-corrected chi connectivity index (χ2v) is 11.0. The lowest BCUT2D eigenvalue weighted by Gasteiger charge is -2.27. The van der Waals surface area contributed by atoms with E-state index in [0.29, 0.717) is 11.5 Å². The highest BCUT2D eigenvalue weighted by atomic mass is 19.1. The van der Waals surface area contributed by atoms with E-state index in [9.17, 15) is 22.8 Å². The molecular formula is C30H34F3N5O4. The smallest absolute Gasteiger partial charge is 0.410 e. The quantitative estimate of drug-likeness (QED) is 0.298. The van der Waals surface area contributed by atoms with Crippen LogP contribution in [-0.2, 0) is 4.74 Å². The first-order chi connectivity index (χ1) is 19.9. The molecule has 1 fully saturated rings. The fourth-order valence-corrected chi connectivity index (χ4v) is 4.33. The number of alkyl halides is 1. The van der Waals surface area contributed by atoms with Crippen molar-refractivity contribution in [1.29, 1.82) is 0 Å². The van der Waals surface area contributed by atoms with Crippen LogP contribution in [-0.4, -0.2) is 58.8 Å². The third-order valence-electron chi connectivity index (χ3n) is 6.61. The first kappa shape index (κ1) is 30.6. The summed E-state index contributed by atoms with van der Waals surface area (Å²) in [6.45, 7) is 5.56. The minimum Gasteiger partial charge on any atom is -0.486 e. The van der Waals surface area contributed by atoms with E-state index < -0.39 is 35.9 Å². The number of hydrogen-bond donors (Lipinski definition) is 2. The molecule has 1 aliphatic rings. The maximum Gasteiger partial charge on any atom is 0.410 e. The summed E-state index contributed by atoms with van der Waals surface area (Å²) in [5.41, 5.74) is 6.86. The number of anilines is 2. The number of amides is 2. The molecule has 0 bridgehead atoms. The highest BCUT2D eigenvalue weighted by Gasteiger charge is 2.26. The average molecular weight is 586 g/mol. The summed E-state index contributed by atoms with van der Waals surface area (Å²) in [5.74, 6) is -1.80. The molecule has 1 aliphatic carbocycles. The number of benzene rings is 2. The number of nitrogens with two attached hydrogens (primary N) is 1. The van der Waals surface area contributed by atoms with Gasteiger partial charge < -0.3 is 25.4 Å². The topological polar surface area (TPSA) is 120 Å². The van der Waals surface area contributed by atoms with Gasteiger partial charge in [-0.15, -0.1) is 0 Å². The third-order valence-corrected chi connectivity index (χ3v) is 6.61. The van der Waals surface area contributed by atoms with E-state index >= 15 is 0 Å². The molecule has 0 saturated heterocycles. The van der Waals surface area contributed by atoms with Gasteiger partial charge in [0, 0.05) is 11.3 Å². The lowest BCUT2D eigenvalue weighted by molar-refractivity contribution is 0.0215. The van der Waals surface area contributed by atoms with Crippen LogP contribution >= 0.6 is 0 Å². The van der Waals surface area contributed by atoms with Crippen molar-refractivity contribution >= 4 is 23.5 Å². The summed E-state index contributed by atoms with van der Waals surface area (Å²) >= 11 is 0. The Bertz CT molecular complexity index is 1470. The van der Waals surface area contributed by atoms with Crippen LogP contribution in [0.25, 0.3) is 11.3 Å². The van der Waals surface area contributed by atoms with Crippen LogP contribution < -0.4 is 15.8 Å². The van der Waals surface area contributed by atoms with E-state index in [1.807, 2.05) is 0 Å². The zero-order valence-electron chi connectivity index (χ0n) is 24.0. The molecule has 0 spiro atoms. The minimum atomic E-state index is -0.785. The summed E-state index contributed by atoms with van der Waals surface area (Å²) in [7, 11) is 0.